The van der Waals surface area contributed by atoms with Crippen LogP contribution >= 0.6 is 11.6 Å². The summed E-state index contributed by atoms with van der Waals surface area (Å²) < 4.78 is 0. The van der Waals surface area contributed by atoms with Crippen molar-refractivity contribution in [3.63, 3.8) is 0 Å². The van der Waals surface area contributed by atoms with Gasteiger partial charge in [-0.05, 0) is 38.8 Å². The molecule has 0 spiro atoms. The number of halogens is 1. The lowest BCUT2D eigenvalue weighted by molar-refractivity contribution is 0.229. The van der Waals surface area contributed by atoms with Gasteiger partial charge in [0.2, 0.25) is 0 Å². The number of anilines is 1. The highest BCUT2D eigenvalue weighted by atomic mass is 35.5. The van der Waals surface area contributed by atoms with Crippen molar-refractivity contribution in [2.24, 2.45) is 0 Å². The summed E-state index contributed by atoms with van der Waals surface area (Å²) in [6, 6.07) is 6.21. The van der Waals surface area contributed by atoms with Gasteiger partial charge in [0.25, 0.3) is 0 Å². The zero-order valence-corrected chi connectivity index (χ0v) is 14.2. The molecule has 1 saturated heterocycles. The van der Waals surface area contributed by atoms with Gasteiger partial charge in [-0.15, -0.1) is 0 Å². The number of nitrogens with zero attached hydrogens (tertiary/aromatic N) is 3. The van der Waals surface area contributed by atoms with Crippen LogP contribution in [0.15, 0.2) is 18.2 Å². The number of rotatable bonds is 6. The summed E-state index contributed by atoms with van der Waals surface area (Å²) in [6.07, 6.45) is 0. The zero-order valence-electron chi connectivity index (χ0n) is 13.4. The summed E-state index contributed by atoms with van der Waals surface area (Å²) in [7, 11) is 6.25. The van der Waals surface area contributed by atoms with E-state index in [1.807, 2.05) is 13.1 Å². The first kappa shape index (κ1) is 16.6. The summed E-state index contributed by atoms with van der Waals surface area (Å²) in [6.45, 7) is 7.56. The lowest BCUT2D eigenvalue weighted by Gasteiger charge is -2.37. The molecule has 21 heavy (non-hydrogen) atoms. The van der Waals surface area contributed by atoms with Crippen LogP contribution in [-0.2, 0) is 6.54 Å². The second-order valence-corrected chi connectivity index (χ2v) is 6.37. The molecule has 0 bridgehead atoms. The molecular formula is C16H27ClN4. The lowest BCUT2D eigenvalue weighted by Crippen LogP contribution is -2.48. The predicted molar refractivity (Wildman–Crippen MR) is 91.4 cm³/mol. The van der Waals surface area contributed by atoms with Crippen LogP contribution in [0.1, 0.15) is 5.56 Å². The summed E-state index contributed by atoms with van der Waals surface area (Å²) in [5.41, 5.74) is 2.60. The van der Waals surface area contributed by atoms with E-state index in [9.17, 15) is 0 Å². The van der Waals surface area contributed by atoms with E-state index >= 15 is 0 Å². The molecular weight excluding hydrogens is 284 g/mol. The van der Waals surface area contributed by atoms with Crippen molar-refractivity contribution >= 4 is 17.3 Å². The number of hydrogen-bond donors (Lipinski definition) is 1. The number of nitrogens with one attached hydrogen (secondary N) is 1. The molecule has 0 aliphatic carbocycles. The van der Waals surface area contributed by atoms with Crippen molar-refractivity contribution in [2.45, 2.75) is 6.54 Å². The first-order chi connectivity index (χ1) is 10.1. The minimum Gasteiger partial charge on any atom is -0.369 e. The van der Waals surface area contributed by atoms with E-state index in [1.54, 1.807) is 0 Å². The van der Waals surface area contributed by atoms with E-state index in [0.29, 0.717) is 0 Å². The van der Waals surface area contributed by atoms with Crippen molar-refractivity contribution in [1.29, 1.82) is 0 Å². The van der Waals surface area contributed by atoms with Gasteiger partial charge in [0.05, 0.1) is 0 Å². The normalized spacial score (nSPS) is 16.7. The van der Waals surface area contributed by atoms with Gasteiger partial charge in [-0.25, -0.2) is 0 Å². The van der Waals surface area contributed by atoms with Gasteiger partial charge in [0.15, 0.2) is 0 Å². The molecule has 1 N–H and O–H groups in total. The van der Waals surface area contributed by atoms with E-state index < -0.39 is 0 Å². The first-order valence-corrected chi connectivity index (χ1v) is 8.03. The van der Waals surface area contributed by atoms with Crippen molar-refractivity contribution < 1.29 is 0 Å². The highest BCUT2D eigenvalue weighted by Crippen LogP contribution is 2.26. The second kappa shape index (κ2) is 7.99. The van der Waals surface area contributed by atoms with Crippen LogP contribution in [0.2, 0.25) is 5.02 Å². The molecule has 5 heteroatoms. The number of likely N-dealkylation sites (N-methyl/N-ethyl adjacent to an activating group) is 1. The quantitative estimate of drug-likeness (QED) is 0.864. The van der Waals surface area contributed by atoms with Gasteiger partial charge >= 0.3 is 0 Å². The molecule has 0 atom stereocenters. The minimum atomic E-state index is 0.819. The van der Waals surface area contributed by atoms with Crippen LogP contribution in [0.5, 0.6) is 0 Å². The molecule has 1 aromatic carbocycles. The molecule has 0 unspecified atom stereocenters. The Bertz CT molecular complexity index is 442. The van der Waals surface area contributed by atoms with Gasteiger partial charge in [-0.3, -0.25) is 4.90 Å². The fourth-order valence-electron chi connectivity index (χ4n) is 2.73. The third kappa shape index (κ3) is 4.85. The van der Waals surface area contributed by atoms with Crippen LogP contribution in [0.3, 0.4) is 0 Å². The Kier molecular flexibility index (Phi) is 6.30. The predicted octanol–water partition coefficient (Wildman–Crippen LogP) is 1.74. The first-order valence-electron chi connectivity index (χ1n) is 7.65. The molecule has 0 radical (unpaired) electrons. The minimum absolute atomic E-state index is 0.819. The lowest BCUT2D eigenvalue weighted by atomic mass is 10.1. The maximum atomic E-state index is 6.19. The summed E-state index contributed by atoms with van der Waals surface area (Å²) >= 11 is 6.19. The van der Waals surface area contributed by atoms with Crippen molar-refractivity contribution in [2.75, 3.05) is 65.3 Å². The summed E-state index contributed by atoms with van der Waals surface area (Å²) in [4.78, 5) is 7.25. The molecule has 1 heterocycles. The Labute approximate surface area is 133 Å². The number of piperazine rings is 1. The zero-order chi connectivity index (χ0) is 15.2. The van der Waals surface area contributed by atoms with Gasteiger partial charge < -0.3 is 15.1 Å². The Balaban J connectivity index is 1.96. The SMILES string of the molecule is CNCc1ccc(Cl)cc1N1CCN(CCN(C)C)CC1. The third-order valence-electron chi connectivity index (χ3n) is 3.99. The molecule has 2 rings (SSSR count). The molecule has 0 saturated carbocycles. The standard InChI is InChI=1S/C16H27ClN4/c1-18-13-14-4-5-15(17)12-16(14)21-10-8-20(9-11-21)7-6-19(2)3/h4-5,12,18H,6-11,13H2,1-3H3. The Morgan fingerprint density at radius 3 is 2.52 bits per heavy atom. The van der Waals surface area contributed by atoms with E-state index in [1.165, 1.54) is 11.3 Å². The molecule has 1 aliphatic rings. The van der Waals surface area contributed by atoms with Crippen LogP contribution in [0, 0.1) is 0 Å². The van der Waals surface area contributed by atoms with Crippen LogP contribution in [-0.4, -0.2) is 70.2 Å². The highest BCUT2D eigenvalue weighted by Gasteiger charge is 2.19. The van der Waals surface area contributed by atoms with Gasteiger partial charge in [0, 0.05) is 56.5 Å². The molecule has 4 nitrogen and oxygen atoms in total. The Hall–Kier alpha value is -0.810. The monoisotopic (exact) mass is 310 g/mol. The number of benzene rings is 1. The van der Waals surface area contributed by atoms with Crippen LogP contribution in [0.4, 0.5) is 5.69 Å². The van der Waals surface area contributed by atoms with Gasteiger partial charge in [-0.2, -0.15) is 0 Å². The molecule has 1 aromatic rings. The van der Waals surface area contributed by atoms with E-state index in [-0.39, 0.29) is 0 Å². The average Bonchev–Trinajstić information content (AvgIpc) is 2.48. The molecule has 1 aliphatic heterocycles. The largest absolute Gasteiger partial charge is 0.369 e. The molecule has 0 aromatic heterocycles. The van der Waals surface area contributed by atoms with Crippen molar-refractivity contribution in [3.8, 4) is 0 Å². The topological polar surface area (TPSA) is 21.8 Å². The van der Waals surface area contributed by atoms with E-state index in [4.69, 9.17) is 11.6 Å². The van der Waals surface area contributed by atoms with Crippen molar-refractivity contribution in [1.82, 2.24) is 15.1 Å². The fraction of sp³-hybridized carbons (Fsp3) is 0.625. The molecule has 0 amide bonds. The summed E-state index contributed by atoms with van der Waals surface area (Å²) in [5.74, 6) is 0. The van der Waals surface area contributed by atoms with E-state index in [2.05, 4.69) is 46.2 Å². The van der Waals surface area contributed by atoms with E-state index in [0.717, 1.165) is 50.8 Å². The highest BCUT2D eigenvalue weighted by molar-refractivity contribution is 6.30. The third-order valence-corrected chi connectivity index (χ3v) is 4.23. The Morgan fingerprint density at radius 1 is 1.19 bits per heavy atom. The second-order valence-electron chi connectivity index (χ2n) is 5.94. The molecule has 118 valence electrons. The van der Waals surface area contributed by atoms with Gasteiger partial charge in [0.1, 0.15) is 0 Å². The van der Waals surface area contributed by atoms with Crippen LogP contribution < -0.4 is 10.2 Å². The number of hydrogen-bond acceptors (Lipinski definition) is 4. The summed E-state index contributed by atoms with van der Waals surface area (Å²) in [5, 5.41) is 4.06. The Morgan fingerprint density at radius 2 is 1.90 bits per heavy atom. The molecule has 1 fully saturated rings. The fourth-order valence-corrected chi connectivity index (χ4v) is 2.89. The van der Waals surface area contributed by atoms with Gasteiger partial charge in [-0.1, -0.05) is 17.7 Å². The average molecular weight is 311 g/mol. The van der Waals surface area contributed by atoms with Crippen LogP contribution in [0.25, 0.3) is 0 Å². The maximum absolute atomic E-state index is 6.19. The van der Waals surface area contributed by atoms with Crippen molar-refractivity contribution in [3.05, 3.63) is 28.8 Å². The smallest absolute Gasteiger partial charge is 0.0427 e. The maximum Gasteiger partial charge on any atom is 0.0427 e.